The summed E-state index contributed by atoms with van der Waals surface area (Å²) in [6.45, 7) is 7.06. The Hall–Kier alpha value is 0.220. The first kappa shape index (κ1) is 16.3. The number of hydrogen-bond acceptors (Lipinski definition) is 5. The fourth-order valence-electron chi connectivity index (χ4n) is 2.32. The summed E-state index contributed by atoms with van der Waals surface area (Å²) in [7, 11) is -2.98. The number of sulfone groups is 1. The lowest BCUT2D eigenvalue weighted by atomic mass is 10.2. The van der Waals surface area contributed by atoms with Gasteiger partial charge in [0.25, 0.3) is 0 Å². The highest BCUT2D eigenvalue weighted by Crippen LogP contribution is 2.23. The summed E-state index contributed by atoms with van der Waals surface area (Å²) >= 11 is 1.75. The highest BCUT2D eigenvalue weighted by molar-refractivity contribution is 8.00. The molecule has 1 heterocycles. The van der Waals surface area contributed by atoms with Gasteiger partial charge in [0, 0.05) is 36.9 Å². The van der Waals surface area contributed by atoms with Gasteiger partial charge in [-0.05, 0) is 19.4 Å². The average Bonchev–Trinajstić information content (AvgIpc) is 2.34. The second-order valence-electron chi connectivity index (χ2n) is 4.86. The van der Waals surface area contributed by atoms with Crippen molar-refractivity contribution < 1.29 is 8.42 Å². The van der Waals surface area contributed by atoms with Crippen LogP contribution in [0.3, 0.4) is 0 Å². The van der Waals surface area contributed by atoms with E-state index in [0.29, 0.717) is 11.8 Å². The van der Waals surface area contributed by atoms with E-state index in [1.165, 1.54) is 6.26 Å². The van der Waals surface area contributed by atoms with Crippen molar-refractivity contribution in [3.63, 3.8) is 0 Å². The zero-order valence-corrected chi connectivity index (χ0v) is 13.3. The molecule has 108 valence electrons. The molecule has 0 amide bonds. The SMILES string of the molecule is CCCNCC(CC)N1CCSCC1S(C)(=O)=O. The van der Waals surface area contributed by atoms with E-state index in [1.807, 2.05) is 0 Å². The number of thioether (sulfide) groups is 1. The van der Waals surface area contributed by atoms with Gasteiger partial charge in [-0.1, -0.05) is 13.8 Å². The minimum atomic E-state index is -2.98. The van der Waals surface area contributed by atoms with Crippen LogP contribution in [-0.4, -0.2) is 62.1 Å². The third-order valence-corrected chi connectivity index (χ3v) is 6.02. The molecule has 1 aliphatic heterocycles. The Balaban J connectivity index is 2.68. The summed E-state index contributed by atoms with van der Waals surface area (Å²) < 4.78 is 23.7. The van der Waals surface area contributed by atoms with Crippen molar-refractivity contribution in [3.8, 4) is 0 Å². The molecule has 6 heteroatoms. The van der Waals surface area contributed by atoms with Crippen LogP contribution in [0.4, 0.5) is 0 Å². The van der Waals surface area contributed by atoms with E-state index in [2.05, 4.69) is 24.1 Å². The van der Waals surface area contributed by atoms with Gasteiger partial charge in [-0.3, -0.25) is 4.90 Å². The molecule has 0 radical (unpaired) electrons. The molecule has 0 aromatic rings. The Morgan fingerprint density at radius 3 is 2.72 bits per heavy atom. The van der Waals surface area contributed by atoms with E-state index in [-0.39, 0.29) is 5.37 Å². The van der Waals surface area contributed by atoms with Crippen LogP contribution >= 0.6 is 11.8 Å². The Labute approximate surface area is 116 Å². The number of hydrogen-bond donors (Lipinski definition) is 1. The summed E-state index contributed by atoms with van der Waals surface area (Å²) in [6, 6.07) is 0.331. The largest absolute Gasteiger partial charge is 0.315 e. The lowest BCUT2D eigenvalue weighted by Crippen LogP contribution is -2.54. The van der Waals surface area contributed by atoms with Crippen LogP contribution in [-0.2, 0) is 9.84 Å². The number of nitrogens with zero attached hydrogens (tertiary/aromatic N) is 1. The van der Waals surface area contributed by atoms with Crippen LogP contribution in [0.25, 0.3) is 0 Å². The zero-order valence-electron chi connectivity index (χ0n) is 11.7. The Kier molecular flexibility index (Phi) is 6.98. The molecule has 2 atom stereocenters. The number of nitrogens with one attached hydrogen (secondary N) is 1. The van der Waals surface area contributed by atoms with Gasteiger partial charge < -0.3 is 5.32 Å². The predicted molar refractivity (Wildman–Crippen MR) is 79.9 cm³/mol. The quantitative estimate of drug-likeness (QED) is 0.715. The molecule has 4 nitrogen and oxygen atoms in total. The summed E-state index contributed by atoms with van der Waals surface area (Å²) in [4.78, 5) is 2.19. The molecule has 1 fully saturated rings. The number of rotatable bonds is 7. The van der Waals surface area contributed by atoms with E-state index in [1.54, 1.807) is 11.8 Å². The highest BCUT2D eigenvalue weighted by Gasteiger charge is 2.34. The van der Waals surface area contributed by atoms with E-state index in [0.717, 1.165) is 38.2 Å². The standard InChI is InChI=1S/C12H26N2O2S2/c1-4-6-13-9-11(5-2)14-7-8-17-10-12(14)18(3,15)16/h11-13H,4-10H2,1-3H3. The molecular weight excluding hydrogens is 268 g/mol. The molecule has 1 rings (SSSR count). The molecule has 2 unspecified atom stereocenters. The molecule has 1 aliphatic rings. The normalized spacial score (nSPS) is 24.1. The monoisotopic (exact) mass is 294 g/mol. The lowest BCUT2D eigenvalue weighted by molar-refractivity contribution is 0.183. The van der Waals surface area contributed by atoms with Crippen molar-refractivity contribution in [2.24, 2.45) is 0 Å². The molecule has 0 spiro atoms. The van der Waals surface area contributed by atoms with Crippen LogP contribution in [0, 0.1) is 0 Å². The van der Waals surface area contributed by atoms with Crippen molar-refractivity contribution in [1.29, 1.82) is 0 Å². The molecule has 0 bridgehead atoms. The van der Waals surface area contributed by atoms with Gasteiger partial charge >= 0.3 is 0 Å². The van der Waals surface area contributed by atoms with Crippen molar-refractivity contribution >= 4 is 21.6 Å². The van der Waals surface area contributed by atoms with Gasteiger partial charge in [0.1, 0.15) is 5.37 Å². The minimum absolute atomic E-state index is 0.301. The van der Waals surface area contributed by atoms with Crippen LogP contribution < -0.4 is 5.32 Å². The maximum Gasteiger partial charge on any atom is 0.164 e. The highest BCUT2D eigenvalue weighted by atomic mass is 32.2. The van der Waals surface area contributed by atoms with Gasteiger partial charge in [0.05, 0.1) is 0 Å². The summed E-state index contributed by atoms with van der Waals surface area (Å²) in [5.74, 6) is 1.75. The van der Waals surface area contributed by atoms with E-state index in [4.69, 9.17) is 0 Å². The third kappa shape index (κ3) is 4.72. The van der Waals surface area contributed by atoms with E-state index < -0.39 is 9.84 Å². The molecule has 0 saturated carbocycles. The van der Waals surface area contributed by atoms with Crippen molar-refractivity contribution in [2.45, 2.75) is 38.1 Å². The van der Waals surface area contributed by atoms with Crippen molar-refractivity contribution in [2.75, 3.05) is 37.4 Å². The van der Waals surface area contributed by atoms with E-state index >= 15 is 0 Å². The first-order chi connectivity index (χ1) is 8.50. The maximum atomic E-state index is 11.9. The van der Waals surface area contributed by atoms with Crippen LogP contribution in [0.15, 0.2) is 0 Å². The second kappa shape index (κ2) is 7.72. The van der Waals surface area contributed by atoms with Gasteiger partial charge in [-0.15, -0.1) is 0 Å². The van der Waals surface area contributed by atoms with Crippen LogP contribution in [0.2, 0.25) is 0 Å². The lowest BCUT2D eigenvalue weighted by Gasteiger charge is -2.39. The summed E-state index contributed by atoms with van der Waals surface area (Å²) in [5, 5.41) is 3.11. The van der Waals surface area contributed by atoms with Crippen LogP contribution in [0.5, 0.6) is 0 Å². The summed E-state index contributed by atoms with van der Waals surface area (Å²) in [5.41, 5.74) is 0. The topological polar surface area (TPSA) is 49.4 Å². The molecule has 0 aromatic carbocycles. The van der Waals surface area contributed by atoms with Gasteiger partial charge in [0.15, 0.2) is 9.84 Å². The Morgan fingerprint density at radius 2 is 2.17 bits per heavy atom. The van der Waals surface area contributed by atoms with Crippen LogP contribution in [0.1, 0.15) is 26.7 Å². The molecular formula is C12H26N2O2S2. The maximum absolute atomic E-state index is 11.9. The fraction of sp³-hybridized carbons (Fsp3) is 1.00. The van der Waals surface area contributed by atoms with Gasteiger partial charge in [-0.2, -0.15) is 11.8 Å². The first-order valence-electron chi connectivity index (χ1n) is 6.73. The first-order valence-corrected chi connectivity index (χ1v) is 9.84. The fourth-order valence-corrected chi connectivity index (χ4v) is 5.27. The van der Waals surface area contributed by atoms with Gasteiger partial charge in [-0.25, -0.2) is 8.42 Å². The zero-order chi connectivity index (χ0) is 13.6. The van der Waals surface area contributed by atoms with Gasteiger partial charge in [0.2, 0.25) is 0 Å². The van der Waals surface area contributed by atoms with Crippen molar-refractivity contribution in [3.05, 3.63) is 0 Å². The molecule has 0 aliphatic carbocycles. The predicted octanol–water partition coefficient (Wildman–Crippen LogP) is 1.18. The smallest absolute Gasteiger partial charge is 0.164 e. The Bertz CT molecular complexity index is 333. The summed E-state index contributed by atoms with van der Waals surface area (Å²) in [6.07, 6.45) is 3.47. The molecule has 1 saturated heterocycles. The molecule has 1 N–H and O–H groups in total. The third-order valence-electron chi connectivity index (χ3n) is 3.37. The Morgan fingerprint density at radius 1 is 1.44 bits per heavy atom. The minimum Gasteiger partial charge on any atom is -0.315 e. The molecule has 18 heavy (non-hydrogen) atoms. The van der Waals surface area contributed by atoms with Crippen molar-refractivity contribution in [1.82, 2.24) is 10.2 Å². The second-order valence-corrected chi connectivity index (χ2v) is 8.22. The van der Waals surface area contributed by atoms with E-state index in [9.17, 15) is 8.42 Å². The molecule has 0 aromatic heterocycles. The average molecular weight is 294 g/mol.